The van der Waals surface area contributed by atoms with Crippen LogP contribution in [0.25, 0.3) is 0 Å². The molecule has 0 radical (unpaired) electrons. The maximum Gasteiger partial charge on any atom is 0.289 e. The number of aromatic nitrogens is 3. The third-order valence-corrected chi connectivity index (χ3v) is 5.59. The van der Waals surface area contributed by atoms with E-state index >= 15 is 0 Å². The molecular formula is C19H17Cl2N5O4S. The first kappa shape index (κ1) is 22.9. The fourth-order valence-corrected chi connectivity index (χ4v) is 3.72. The largest absolute Gasteiger partial charge is 0.486 e. The van der Waals surface area contributed by atoms with Crippen LogP contribution in [0.1, 0.15) is 12.7 Å². The number of nitro groups is 1. The maximum absolute atomic E-state index is 12.3. The van der Waals surface area contributed by atoms with Gasteiger partial charge in [0.05, 0.1) is 10.7 Å². The number of rotatable bonds is 9. The van der Waals surface area contributed by atoms with E-state index in [9.17, 15) is 14.9 Å². The number of ether oxygens (including phenoxy) is 1. The molecule has 0 unspecified atom stereocenters. The van der Waals surface area contributed by atoms with E-state index in [1.165, 1.54) is 30.0 Å². The number of hydrogen-bond acceptors (Lipinski definition) is 7. The quantitative estimate of drug-likeness (QED) is 0.264. The number of carbonyl (C=O) groups excluding carboxylic acids is 1. The first-order chi connectivity index (χ1) is 14.9. The van der Waals surface area contributed by atoms with Gasteiger partial charge in [-0.2, -0.15) is 0 Å². The Bertz CT molecular complexity index is 1090. The van der Waals surface area contributed by atoms with Gasteiger partial charge < -0.3 is 14.6 Å². The van der Waals surface area contributed by atoms with Crippen molar-refractivity contribution in [1.82, 2.24) is 14.8 Å². The Hall–Kier alpha value is -2.82. The standard InChI is InChI=1S/C19H17Cl2N5O4S/c1-2-25-17(10-30-14-6-3-12(20)4-7-14)23-24-19(25)31-11-18(27)22-13-5-8-15(21)16(9-13)26(28)29/h3-9H,2,10-11H2,1H3,(H,22,27). The van der Waals surface area contributed by atoms with Crippen LogP contribution in [0.15, 0.2) is 47.6 Å². The van der Waals surface area contributed by atoms with Gasteiger partial charge in [-0.15, -0.1) is 10.2 Å². The summed E-state index contributed by atoms with van der Waals surface area (Å²) in [7, 11) is 0. The molecule has 1 N–H and O–H groups in total. The summed E-state index contributed by atoms with van der Waals surface area (Å²) in [4.78, 5) is 22.6. The molecule has 3 rings (SSSR count). The first-order valence-electron chi connectivity index (χ1n) is 9.04. The molecule has 0 atom stereocenters. The zero-order valence-corrected chi connectivity index (χ0v) is 18.6. The number of thioether (sulfide) groups is 1. The van der Waals surface area contributed by atoms with E-state index < -0.39 is 4.92 Å². The number of carbonyl (C=O) groups is 1. The zero-order chi connectivity index (χ0) is 22.4. The molecule has 1 aromatic heterocycles. The van der Waals surface area contributed by atoms with Crippen LogP contribution in [0.3, 0.4) is 0 Å². The van der Waals surface area contributed by atoms with Gasteiger partial charge in [-0.1, -0.05) is 35.0 Å². The second kappa shape index (κ2) is 10.5. The number of nitrogens with zero attached hydrogens (tertiary/aromatic N) is 4. The smallest absolute Gasteiger partial charge is 0.289 e. The van der Waals surface area contributed by atoms with Gasteiger partial charge in [0.25, 0.3) is 5.69 Å². The Morgan fingerprint density at radius 3 is 2.65 bits per heavy atom. The number of nitrogens with one attached hydrogen (secondary N) is 1. The fraction of sp³-hybridized carbons (Fsp3) is 0.211. The Labute approximate surface area is 191 Å². The summed E-state index contributed by atoms with van der Waals surface area (Å²) in [6, 6.07) is 11.1. The Morgan fingerprint density at radius 2 is 1.97 bits per heavy atom. The molecule has 0 saturated heterocycles. The molecule has 2 aromatic carbocycles. The van der Waals surface area contributed by atoms with Crippen LogP contribution in [0.4, 0.5) is 11.4 Å². The third kappa shape index (κ3) is 6.09. The van der Waals surface area contributed by atoms with Gasteiger partial charge in [0.2, 0.25) is 5.91 Å². The molecule has 0 fully saturated rings. The summed E-state index contributed by atoms with van der Waals surface area (Å²) in [5, 5.41) is 23.0. The van der Waals surface area contributed by atoms with E-state index in [1.54, 1.807) is 24.3 Å². The highest BCUT2D eigenvalue weighted by Gasteiger charge is 2.16. The average Bonchev–Trinajstić information content (AvgIpc) is 3.15. The van der Waals surface area contributed by atoms with Crippen molar-refractivity contribution in [1.29, 1.82) is 0 Å². The second-order valence-corrected chi connectivity index (χ2v) is 7.93. The minimum Gasteiger partial charge on any atom is -0.486 e. The molecule has 1 amide bonds. The second-order valence-electron chi connectivity index (χ2n) is 6.15. The van der Waals surface area contributed by atoms with E-state index in [0.29, 0.717) is 28.3 Å². The topological polar surface area (TPSA) is 112 Å². The lowest BCUT2D eigenvalue weighted by Crippen LogP contribution is -2.15. The molecule has 3 aromatic rings. The SMILES string of the molecule is CCn1c(COc2ccc(Cl)cc2)nnc1SCC(=O)Nc1ccc(Cl)c([N+](=O)[O-])c1. The highest BCUT2D eigenvalue weighted by Crippen LogP contribution is 2.27. The van der Waals surface area contributed by atoms with Gasteiger partial charge in [-0.3, -0.25) is 14.9 Å². The van der Waals surface area contributed by atoms with Crippen molar-refractivity contribution >= 4 is 52.2 Å². The summed E-state index contributed by atoms with van der Waals surface area (Å²) in [6.07, 6.45) is 0. The van der Waals surface area contributed by atoms with E-state index in [-0.39, 0.29) is 34.7 Å². The van der Waals surface area contributed by atoms with Gasteiger partial charge in [0, 0.05) is 23.3 Å². The average molecular weight is 482 g/mol. The summed E-state index contributed by atoms with van der Waals surface area (Å²) < 4.78 is 7.56. The van der Waals surface area contributed by atoms with Gasteiger partial charge in [0.15, 0.2) is 11.0 Å². The molecule has 9 nitrogen and oxygen atoms in total. The lowest BCUT2D eigenvalue weighted by atomic mass is 10.3. The number of anilines is 1. The van der Waals surface area contributed by atoms with Crippen molar-refractivity contribution in [3.05, 3.63) is 68.4 Å². The first-order valence-corrected chi connectivity index (χ1v) is 10.8. The summed E-state index contributed by atoms with van der Waals surface area (Å²) in [5.74, 6) is 0.979. The Balaban J connectivity index is 1.58. The predicted octanol–water partition coefficient (Wildman–Crippen LogP) is 4.82. The minimum atomic E-state index is -0.607. The van der Waals surface area contributed by atoms with Gasteiger partial charge in [0.1, 0.15) is 17.4 Å². The number of hydrogen-bond donors (Lipinski definition) is 1. The molecule has 31 heavy (non-hydrogen) atoms. The van der Waals surface area contributed by atoms with Crippen LogP contribution in [-0.4, -0.2) is 31.3 Å². The lowest BCUT2D eigenvalue weighted by molar-refractivity contribution is -0.384. The molecule has 1 heterocycles. The van der Waals surface area contributed by atoms with Crippen molar-refractivity contribution < 1.29 is 14.5 Å². The molecule has 0 aliphatic carbocycles. The summed E-state index contributed by atoms with van der Waals surface area (Å²) >= 11 is 12.9. The molecule has 0 saturated carbocycles. The molecule has 162 valence electrons. The van der Waals surface area contributed by atoms with Crippen molar-refractivity contribution in [2.24, 2.45) is 0 Å². The number of halogens is 2. The predicted molar refractivity (Wildman–Crippen MR) is 119 cm³/mol. The van der Waals surface area contributed by atoms with E-state index in [2.05, 4.69) is 15.5 Å². The van der Waals surface area contributed by atoms with Crippen molar-refractivity contribution in [3.8, 4) is 5.75 Å². The Morgan fingerprint density at radius 1 is 1.23 bits per heavy atom. The minimum absolute atomic E-state index is 0.00164. The van der Waals surface area contributed by atoms with E-state index in [0.717, 1.165) is 0 Å². The van der Waals surface area contributed by atoms with Crippen LogP contribution in [-0.2, 0) is 17.9 Å². The summed E-state index contributed by atoms with van der Waals surface area (Å²) in [5.41, 5.74) is 0.0129. The molecule has 0 spiro atoms. The van der Waals surface area contributed by atoms with Gasteiger partial charge in [-0.05, 0) is 43.3 Å². The van der Waals surface area contributed by atoms with Crippen molar-refractivity contribution in [2.45, 2.75) is 25.2 Å². The van der Waals surface area contributed by atoms with Crippen LogP contribution >= 0.6 is 35.0 Å². The van der Waals surface area contributed by atoms with E-state index in [1.807, 2.05) is 11.5 Å². The fourth-order valence-electron chi connectivity index (χ4n) is 2.59. The van der Waals surface area contributed by atoms with Crippen LogP contribution in [0.5, 0.6) is 5.75 Å². The van der Waals surface area contributed by atoms with Crippen LogP contribution < -0.4 is 10.1 Å². The van der Waals surface area contributed by atoms with Crippen molar-refractivity contribution in [2.75, 3.05) is 11.1 Å². The number of nitro benzene ring substituents is 1. The third-order valence-electron chi connectivity index (χ3n) is 4.05. The van der Waals surface area contributed by atoms with Crippen LogP contribution in [0.2, 0.25) is 10.0 Å². The number of amides is 1. The number of benzene rings is 2. The highest BCUT2D eigenvalue weighted by atomic mass is 35.5. The molecule has 0 bridgehead atoms. The van der Waals surface area contributed by atoms with E-state index in [4.69, 9.17) is 27.9 Å². The lowest BCUT2D eigenvalue weighted by Gasteiger charge is -2.09. The molecular weight excluding hydrogens is 465 g/mol. The maximum atomic E-state index is 12.3. The molecule has 0 aliphatic rings. The molecule has 12 heteroatoms. The van der Waals surface area contributed by atoms with Gasteiger partial charge in [-0.25, -0.2) is 0 Å². The molecule has 0 aliphatic heterocycles. The van der Waals surface area contributed by atoms with Gasteiger partial charge >= 0.3 is 0 Å². The Kier molecular flexibility index (Phi) is 7.72. The normalized spacial score (nSPS) is 10.7. The summed E-state index contributed by atoms with van der Waals surface area (Å²) in [6.45, 7) is 2.75. The monoisotopic (exact) mass is 481 g/mol. The highest BCUT2D eigenvalue weighted by molar-refractivity contribution is 7.99. The zero-order valence-electron chi connectivity index (χ0n) is 16.2. The van der Waals surface area contributed by atoms with Crippen molar-refractivity contribution in [3.63, 3.8) is 0 Å². The van der Waals surface area contributed by atoms with Crippen LogP contribution in [0, 0.1) is 10.1 Å².